The number of rotatable bonds is 15. The van der Waals surface area contributed by atoms with Gasteiger partial charge in [0, 0.05) is 35.4 Å². The predicted octanol–water partition coefficient (Wildman–Crippen LogP) is 6.62. The quantitative estimate of drug-likeness (QED) is 0.110. The van der Waals surface area contributed by atoms with Crippen molar-refractivity contribution in [2.75, 3.05) is 13.7 Å². The Hall–Kier alpha value is -5.96. The van der Waals surface area contributed by atoms with Gasteiger partial charge in [-0.05, 0) is 74.5 Å². The molecule has 4 amide bonds. The number of aromatic nitrogens is 1. The molecule has 8 rings (SSSR count). The highest BCUT2D eigenvalue weighted by molar-refractivity contribution is 7.91. The normalized spacial score (nSPS) is 23.1. The Labute approximate surface area is 374 Å². The number of alkyl carbamates (subject to hydrolysis) is 1. The molecule has 1 saturated heterocycles. The summed E-state index contributed by atoms with van der Waals surface area (Å²) in [5, 5.41) is 6.39. The summed E-state index contributed by atoms with van der Waals surface area (Å²) in [6, 6.07) is 23.8. The van der Waals surface area contributed by atoms with Gasteiger partial charge in [-0.15, -0.1) is 6.58 Å². The van der Waals surface area contributed by atoms with Gasteiger partial charge >= 0.3 is 6.09 Å². The van der Waals surface area contributed by atoms with Crippen LogP contribution < -0.4 is 24.8 Å². The highest BCUT2D eigenvalue weighted by Gasteiger charge is 2.63. The highest BCUT2D eigenvalue weighted by Crippen LogP contribution is 2.49. The standard InChI is InChI=1S/C49H57N5O9S/c1-6-33-29-49(33,45(57)53-64(59,60)48(23-24-48)28-31-15-9-7-10-16-31)52-43(55)40-26-36(30-54(40)44(56)42(47(2,3)4)51-46(58)63-34-19-13-14-20-34)62-41-27-38(32-17-11-8-12-18-32)50-39-25-35(61-5)21-22-37(39)41/h6-12,15-18,21-22,25,27,33-34,36,40,42H,1,13-14,19-20,23-24,26,28-30H2,2-5H3,(H,51,58)(H,52,55)(H,53,57). The molecule has 3 saturated carbocycles. The number of nitrogens with one attached hydrogen (secondary N) is 3. The molecule has 3 aromatic carbocycles. The maximum absolute atomic E-state index is 14.9. The second kappa shape index (κ2) is 17.5. The summed E-state index contributed by atoms with van der Waals surface area (Å²) in [7, 11) is -2.60. The van der Waals surface area contributed by atoms with Crippen LogP contribution in [0.2, 0.25) is 0 Å². The molecule has 14 nitrogen and oxygen atoms in total. The van der Waals surface area contributed by atoms with Crippen molar-refractivity contribution in [1.29, 1.82) is 0 Å². The Bertz CT molecular complexity index is 2540. The number of likely N-dealkylation sites (tertiary alicyclic amines) is 1. The lowest BCUT2D eigenvalue weighted by molar-refractivity contribution is -0.143. The van der Waals surface area contributed by atoms with Gasteiger partial charge in [-0.25, -0.2) is 18.2 Å². The van der Waals surface area contributed by atoms with Crippen LogP contribution in [0.3, 0.4) is 0 Å². The molecule has 5 atom stereocenters. The van der Waals surface area contributed by atoms with Crippen molar-refractivity contribution in [2.24, 2.45) is 11.3 Å². The van der Waals surface area contributed by atoms with Gasteiger partial charge in [0.05, 0.1) is 29.6 Å². The minimum absolute atomic E-state index is 0.0105. The number of amides is 4. The Morgan fingerprint density at radius 1 is 0.953 bits per heavy atom. The number of carbonyl (C=O) groups excluding carboxylic acids is 4. The van der Waals surface area contributed by atoms with Crippen LogP contribution in [0.25, 0.3) is 22.2 Å². The molecule has 4 fully saturated rings. The van der Waals surface area contributed by atoms with E-state index in [9.17, 15) is 27.6 Å². The van der Waals surface area contributed by atoms with Crippen molar-refractivity contribution in [3.05, 3.63) is 103 Å². The minimum atomic E-state index is -4.17. The topological polar surface area (TPSA) is 182 Å². The van der Waals surface area contributed by atoms with Crippen LogP contribution in [0.1, 0.15) is 77.7 Å². The average Bonchev–Trinajstić information content (AvgIpc) is 4.09. The van der Waals surface area contributed by atoms with E-state index in [1.54, 1.807) is 13.2 Å². The first-order valence-corrected chi connectivity index (χ1v) is 23.6. The minimum Gasteiger partial charge on any atom is -0.497 e. The summed E-state index contributed by atoms with van der Waals surface area (Å²) < 4.78 is 47.0. The van der Waals surface area contributed by atoms with E-state index < -0.39 is 73.6 Å². The zero-order valence-corrected chi connectivity index (χ0v) is 37.6. The molecule has 3 N–H and O–H groups in total. The summed E-state index contributed by atoms with van der Waals surface area (Å²) >= 11 is 0. The Kier molecular flexibility index (Phi) is 12.2. The number of pyridine rings is 1. The van der Waals surface area contributed by atoms with Crippen LogP contribution in [0.5, 0.6) is 11.5 Å². The number of hydrogen-bond donors (Lipinski definition) is 3. The monoisotopic (exact) mass is 891 g/mol. The van der Waals surface area contributed by atoms with E-state index >= 15 is 0 Å². The fraction of sp³-hybridized carbons (Fsp3) is 0.449. The zero-order chi connectivity index (χ0) is 45.4. The van der Waals surface area contributed by atoms with Crippen molar-refractivity contribution in [3.8, 4) is 22.8 Å². The molecule has 0 spiro atoms. The van der Waals surface area contributed by atoms with Gasteiger partial charge in [0.2, 0.25) is 21.8 Å². The summed E-state index contributed by atoms with van der Waals surface area (Å²) in [6.07, 6.45) is 4.35. The largest absolute Gasteiger partial charge is 0.497 e. The number of methoxy groups -OCH3 is 1. The molecule has 2 heterocycles. The molecule has 0 radical (unpaired) electrons. The SMILES string of the molecule is C=CC1CC1(NC(=O)C1CC(Oc2cc(-c3ccccc3)nc3cc(OC)ccc23)CN1C(=O)C(NC(=O)OC1CCCC1)C(C)(C)C)C(=O)NS(=O)(=O)C1(Cc2ccccc2)CC1. The van der Waals surface area contributed by atoms with Crippen molar-refractivity contribution in [2.45, 2.75) is 113 Å². The first kappa shape index (κ1) is 44.6. The third-order valence-electron chi connectivity index (χ3n) is 13.2. The number of carbonyl (C=O) groups is 4. The maximum atomic E-state index is 14.9. The van der Waals surface area contributed by atoms with Crippen molar-refractivity contribution in [3.63, 3.8) is 0 Å². The van der Waals surface area contributed by atoms with Gasteiger partial charge in [0.15, 0.2) is 0 Å². The summed E-state index contributed by atoms with van der Waals surface area (Å²) in [4.78, 5) is 63.5. The highest BCUT2D eigenvalue weighted by atomic mass is 32.2. The van der Waals surface area contributed by atoms with E-state index in [0.717, 1.165) is 36.8 Å². The summed E-state index contributed by atoms with van der Waals surface area (Å²) in [6.45, 7) is 9.26. The van der Waals surface area contributed by atoms with Gasteiger partial charge in [0.25, 0.3) is 5.91 Å². The fourth-order valence-electron chi connectivity index (χ4n) is 9.14. The van der Waals surface area contributed by atoms with E-state index in [4.69, 9.17) is 19.2 Å². The van der Waals surface area contributed by atoms with Crippen LogP contribution in [-0.4, -0.2) is 90.3 Å². The molecule has 4 aromatic rings. The van der Waals surface area contributed by atoms with E-state index in [1.165, 1.54) is 11.0 Å². The molecule has 15 heteroatoms. The van der Waals surface area contributed by atoms with Gasteiger partial charge in [-0.1, -0.05) is 87.5 Å². The maximum Gasteiger partial charge on any atom is 0.408 e. The number of ether oxygens (including phenoxy) is 3. The van der Waals surface area contributed by atoms with Gasteiger partial charge in [-0.2, -0.15) is 0 Å². The molecular formula is C49H57N5O9S. The number of sulfonamides is 1. The van der Waals surface area contributed by atoms with Crippen LogP contribution >= 0.6 is 0 Å². The van der Waals surface area contributed by atoms with Crippen molar-refractivity contribution >= 4 is 44.7 Å². The molecule has 64 heavy (non-hydrogen) atoms. The summed E-state index contributed by atoms with van der Waals surface area (Å²) in [5.41, 5.74) is 0.482. The van der Waals surface area contributed by atoms with Crippen LogP contribution in [0.4, 0.5) is 4.79 Å². The Morgan fingerprint density at radius 2 is 1.64 bits per heavy atom. The average molecular weight is 892 g/mol. The first-order chi connectivity index (χ1) is 30.5. The lowest BCUT2D eigenvalue weighted by atomic mass is 9.85. The molecule has 1 aliphatic heterocycles. The van der Waals surface area contributed by atoms with E-state index in [0.29, 0.717) is 40.9 Å². The van der Waals surface area contributed by atoms with E-state index in [-0.39, 0.29) is 31.9 Å². The summed E-state index contributed by atoms with van der Waals surface area (Å²) in [5.74, 6) is -1.56. The third-order valence-corrected chi connectivity index (χ3v) is 15.3. The second-order valence-corrected chi connectivity index (χ2v) is 20.9. The number of hydrogen-bond acceptors (Lipinski definition) is 10. The number of benzene rings is 3. The zero-order valence-electron chi connectivity index (χ0n) is 36.8. The smallest absolute Gasteiger partial charge is 0.408 e. The molecule has 1 aromatic heterocycles. The predicted molar refractivity (Wildman–Crippen MR) is 242 cm³/mol. The Morgan fingerprint density at radius 3 is 2.27 bits per heavy atom. The first-order valence-electron chi connectivity index (χ1n) is 22.1. The van der Waals surface area contributed by atoms with Crippen molar-refractivity contribution in [1.82, 2.24) is 25.2 Å². The van der Waals surface area contributed by atoms with Crippen LogP contribution in [0, 0.1) is 11.3 Å². The number of nitrogens with zero attached hydrogens (tertiary/aromatic N) is 2. The molecule has 5 unspecified atom stereocenters. The number of fused-ring (bicyclic) bond motifs is 1. The molecule has 0 bridgehead atoms. The lowest BCUT2D eigenvalue weighted by Crippen LogP contribution is -2.60. The molecule has 338 valence electrons. The van der Waals surface area contributed by atoms with Gasteiger partial charge < -0.3 is 29.7 Å². The molecule has 4 aliphatic rings. The Balaban J connectivity index is 1.09. The third kappa shape index (κ3) is 9.17. The van der Waals surface area contributed by atoms with Crippen molar-refractivity contribution < 1.29 is 41.8 Å². The van der Waals surface area contributed by atoms with Crippen LogP contribution in [-0.2, 0) is 35.6 Å². The second-order valence-electron chi connectivity index (χ2n) is 18.8. The van der Waals surface area contributed by atoms with E-state index in [2.05, 4.69) is 21.9 Å². The van der Waals surface area contributed by atoms with Gasteiger partial charge in [-0.3, -0.25) is 19.1 Å². The molecule has 3 aliphatic carbocycles. The van der Waals surface area contributed by atoms with Crippen LogP contribution in [0.15, 0.2) is 97.6 Å². The van der Waals surface area contributed by atoms with E-state index in [1.807, 2.05) is 99.6 Å². The molecular weight excluding hydrogens is 835 g/mol. The van der Waals surface area contributed by atoms with Gasteiger partial charge in [0.1, 0.15) is 41.3 Å². The lowest BCUT2D eigenvalue weighted by Gasteiger charge is -2.35. The fourth-order valence-corrected chi connectivity index (χ4v) is 10.8.